The van der Waals surface area contributed by atoms with Gasteiger partial charge in [-0.05, 0) is 37.5 Å². The molecule has 0 bridgehead atoms. The molecule has 0 unspecified atom stereocenters. The van der Waals surface area contributed by atoms with E-state index in [4.69, 9.17) is 9.16 Å². The van der Waals surface area contributed by atoms with E-state index >= 15 is 0 Å². The summed E-state index contributed by atoms with van der Waals surface area (Å²) in [5.41, 5.74) is 1.10. The van der Waals surface area contributed by atoms with Crippen molar-refractivity contribution >= 4 is 14.2 Å². The van der Waals surface area contributed by atoms with Gasteiger partial charge < -0.3 is 14.1 Å². The van der Waals surface area contributed by atoms with Crippen LogP contribution in [-0.4, -0.2) is 31.5 Å². The number of nitrogens with zero attached hydrogens (tertiary/aromatic N) is 1. The highest BCUT2D eigenvalue weighted by Crippen LogP contribution is 2.41. The van der Waals surface area contributed by atoms with Gasteiger partial charge in [-0.15, -0.1) is 0 Å². The monoisotopic (exact) mass is 375 g/mol. The van der Waals surface area contributed by atoms with E-state index in [1.165, 1.54) is 0 Å². The van der Waals surface area contributed by atoms with Crippen LogP contribution in [0.4, 0.5) is 0 Å². The Morgan fingerprint density at radius 1 is 1.23 bits per heavy atom. The number of carbonyl (C=O) groups is 1. The van der Waals surface area contributed by atoms with Gasteiger partial charge in [-0.3, -0.25) is 4.79 Å². The van der Waals surface area contributed by atoms with Crippen molar-refractivity contribution in [3.05, 3.63) is 48.2 Å². The summed E-state index contributed by atoms with van der Waals surface area (Å²) in [7, 11) is -1.94. The lowest BCUT2D eigenvalue weighted by molar-refractivity contribution is -0.195. The number of β-lactam (4-membered cyclic amide) rings is 1. The van der Waals surface area contributed by atoms with E-state index in [0.29, 0.717) is 6.54 Å². The zero-order valence-electron chi connectivity index (χ0n) is 17.2. The van der Waals surface area contributed by atoms with Gasteiger partial charge in [-0.2, -0.15) is 0 Å². The first-order valence-electron chi connectivity index (χ1n) is 9.37. The number of ether oxygens (including phenoxy) is 1. The second kappa shape index (κ2) is 7.97. The SMILES string of the molecule is C/C=C\O[C@@H]1[C@@H]([C@@H](C)O[Si](C)(C)C(C)(C)C)C(=O)N1Cc1ccccc1. The van der Waals surface area contributed by atoms with Gasteiger partial charge in [-0.1, -0.05) is 57.2 Å². The summed E-state index contributed by atoms with van der Waals surface area (Å²) in [5, 5.41) is 0.109. The van der Waals surface area contributed by atoms with Crippen LogP contribution in [0.3, 0.4) is 0 Å². The maximum atomic E-state index is 12.9. The molecule has 1 heterocycles. The number of allylic oxidation sites excluding steroid dienone is 1. The van der Waals surface area contributed by atoms with Crippen LogP contribution in [0.1, 0.15) is 40.2 Å². The first kappa shape index (κ1) is 20.7. The number of amides is 1. The van der Waals surface area contributed by atoms with Crippen molar-refractivity contribution in [2.45, 2.75) is 71.6 Å². The van der Waals surface area contributed by atoms with Crippen molar-refractivity contribution in [3.63, 3.8) is 0 Å². The van der Waals surface area contributed by atoms with Crippen LogP contribution < -0.4 is 0 Å². The largest absolute Gasteiger partial charge is 0.477 e. The fraction of sp³-hybridized carbons (Fsp3) is 0.571. The molecule has 0 spiro atoms. The summed E-state index contributed by atoms with van der Waals surface area (Å²) in [6.07, 6.45) is 3.07. The Bertz CT molecular complexity index is 636. The third-order valence-corrected chi connectivity index (χ3v) is 10.1. The Morgan fingerprint density at radius 2 is 1.85 bits per heavy atom. The van der Waals surface area contributed by atoms with Gasteiger partial charge in [0.05, 0.1) is 12.4 Å². The quantitative estimate of drug-likeness (QED) is 0.385. The van der Waals surface area contributed by atoms with E-state index in [1.807, 2.05) is 50.3 Å². The highest BCUT2D eigenvalue weighted by Gasteiger charge is 2.53. The van der Waals surface area contributed by atoms with Gasteiger partial charge in [-0.25, -0.2) is 0 Å². The zero-order valence-corrected chi connectivity index (χ0v) is 18.2. The smallest absolute Gasteiger partial charge is 0.237 e. The molecule has 2 rings (SSSR count). The fourth-order valence-electron chi connectivity index (χ4n) is 2.96. The molecule has 4 nitrogen and oxygen atoms in total. The molecule has 1 aliphatic heterocycles. The van der Waals surface area contributed by atoms with Gasteiger partial charge in [0.2, 0.25) is 5.91 Å². The second-order valence-corrected chi connectivity index (χ2v) is 13.3. The van der Waals surface area contributed by atoms with E-state index in [1.54, 1.807) is 11.2 Å². The summed E-state index contributed by atoms with van der Waals surface area (Å²) in [4.78, 5) is 14.7. The predicted molar refractivity (Wildman–Crippen MR) is 108 cm³/mol. The molecule has 0 N–H and O–H groups in total. The number of carbonyl (C=O) groups excluding carboxylic acids is 1. The topological polar surface area (TPSA) is 38.8 Å². The highest BCUT2D eigenvalue weighted by atomic mass is 28.4. The Kier molecular flexibility index (Phi) is 6.35. The third-order valence-electron chi connectivity index (χ3n) is 5.52. The minimum atomic E-state index is -1.94. The van der Waals surface area contributed by atoms with Crippen LogP contribution in [0.15, 0.2) is 42.7 Å². The van der Waals surface area contributed by atoms with E-state index in [9.17, 15) is 4.79 Å². The number of rotatable bonds is 7. The van der Waals surface area contributed by atoms with Crippen molar-refractivity contribution in [3.8, 4) is 0 Å². The fourth-order valence-corrected chi connectivity index (χ4v) is 4.39. The van der Waals surface area contributed by atoms with E-state index < -0.39 is 8.32 Å². The van der Waals surface area contributed by atoms with E-state index in [2.05, 4.69) is 33.9 Å². The standard InChI is InChI=1S/C21H33NO3Si/c1-8-14-24-20-18(16(2)25-26(6,7)21(3,4)5)19(23)22(20)15-17-12-10-9-11-13-17/h8-14,16,18,20H,15H2,1-7H3/b14-8-/t16-,18+,20-/m1/s1. The molecule has 1 fully saturated rings. The number of hydrogen-bond donors (Lipinski definition) is 0. The maximum Gasteiger partial charge on any atom is 0.237 e. The first-order valence-corrected chi connectivity index (χ1v) is 12.3. The van der Waals surface area contributed by atoms with Crippen molar-refractivity contribution in [2.75, 3.05) is 0 Å². The molecule has 1 saturated heterocycles. The summed E-state index contributed by atoms with van der Waals surface area (Å²) >= 11 is 0. The van der Waals surface area contributed by atoms with Crippen molar-refractivity contribution < 1.29 is 14.0 Å². The molecule has 0 radical (unpaired) electrons. The normalized spacial score (nSPS) is 22.4. The summed E-state index contributed by atoms with van der Waals surface area (Å²) < 4.78 is 12.3. The molecule has 144 valence electrons. The first-order chi connectivity index (χ1) is 12.1. The summed E-state index contributed by atoms with van der Waals surface area (Å²) in [6.45, 7) is 15.6. The molecular formula is C21H33NO3Si. The van der Waals surface area contributed by atoms with Crippen LogP contribution in [0, 0.1) is 5.92 Å². The molecule has 3 atom stereocenters. The predicted octanol–water partition coefficient (Wildman–Crippen LogP) is 4.93. The van der Waals surface area contributed by atoms with Gasteiger partial charge in [0.1, 0.15) is 5.92 Å². The van der Waals surface area contributed by atoms with Gasteiger partial charge in [0.15, 0.2) is 14.5 Å². The minimum Gasteiger partial charge on any atom is -0.477 e. The van der Waals surface area contributed by atoms with Crippen molar-refractivity contribution in [2.24, 2.45) is 5.92 Å². The van der Waals surface area contributed by atoms with E-state index in [0.717, 1.165) is 5.56 Å². The Hall–Kier alpha value is -1.59. The number of likely N-dealkylation sites (tertiary alicyclic amines) is 1. The Labute approximate surface area is 159 Å². The maximum absolute atomic E-state index is 12.9. The zero-order chi connectivity index (χ0) is 19.5. The molecule has 1 amide bonds. The molecule has 5 heteroatoms. The summed E-state index contributed by atoms with van der Waals surface area (Å²) in [5.74, 6) is -0.154. The number of benzene rings is 1. The average molecular weight is 376 g/mol. The molecule has 0 aromatic heterocycles. The lowest BCUT2D eigenvalue weighted by Crippen LogP contribution is -2.65. The Morgan fingerprint density at radius 3 is 2.38 bits per heavy atom. The van der Waals surface area contributed by atoms with Crippen LogP contribution in [0.2, 0.25) is 18.1 Å². The molecule has 1 aliphatic rings. The third kappa shape index (κ3) is 4.38. The van der Waals surface area contributed by atoms with Crippen LogP contribution in [-0.2, 0) is 20.5 Å². The molecule has 1 aromatic carbocycles. The molecule has 1 aromatic rings. The Balaban J connectivity index is 2.13. The van der Waals surface area contributed by atoms with Crippen molar-refractivity contribution in [1.29, 1.82) is 0 Å². The molecule has 0 saturated carbocycles. The summed E-state index contributed by atoms with van der Waals surface area (Å²) in [6, 6.07) is 10.0. The molecule has 0 aliphatic carbocycles. The van der Waals surface area contributed by atoms with Crippen LogP contribution in [0.5, 0.6) is 0 Å². The van der Waals surface area contributed by atoms with E-state index in [-0.39, 0.29) is 29.2 Å². The molecule has 26 heavy (non-hydrogen) atoms. The average Bonchev–Trinajstić information content (AvgIpc) is 2.55. The lowest BCUT2D eigenvalue weighted by Gasteiger charge is -2.50. The highest BCUT2D eigenvalue weighted by molar-refractivity contribution is 6.74. The van der Waals surface area contributed by atoms with Gasteiger partial charge >= 0.3 is 0 Å². The minimum absolute atomic E-state index is 0.106. The van der Waals surface area contributed by atoms with Crippen LogP contribution >= 0.6 is 0 Å². The van der Waals surface area contributed by atoms with Gasteiger partial charge in [0, 0.05) is 6.54 Å². The molecular weight excluding hydrogens is 342 g/mol. The van der Waals surface area contributed by atoms with Crippen molar-refractivity contribution in [1.82, 2.24) is 4.90 Å². The lowest BCUT2D eigenvalue weighted by atomic mass is 9.90. The van der Waals surface area contributed by atoms with Gasteiger partial charge in [0.25, 0.3) is 0 Å². The second-order valence-electron chi connectivity index (χ2n) is 8.56. The number of hydrogen-bond acceptors (Lipinski definition) is 3. The van der Waals surface area contributed by atoms with Crippen LogP contribution in [0.25, 0.3) is 0 Å².